The van der Waals surface area contributed by atoms with Gasteiger partial charge >= 0.3 is 0 Å². The molecule has 90 valence electrons. The lowest BCUT2D eigenvalue weighted by atomic mass is 10.1. The number of hydrogen-bond acceptors (Lipinski definition) is 1. The van der Waals surface area contributed by atoms with Crippen molar-refractivity contribution in [2.45, 2.75) is 19.5 Å². The first-order valence-electron chi connectivity index (χ1n) is 6.08. The minimum Gasteiger partial charge on any atom is -0.494 e. The van der Waals surface area contributed by atoms with Gasteiger partial charge in [-0.2, -0.15) is 0 Å². The Morgan fingerprint density at radius 3 is 2.53 bits per heavy atom. The molecule has 2 heteroatoms. The number of rotatable bonds is 4. The van der Waals surface area contributed by atoms with Crippen molar-refractivity contribution in [3.05, 3.63) is 42.0 Å². The fourth-order valence-corrected chi connectivity index (χ4v) is 2.45. The van der Waals surface area contributed by atoms with Crippen molar-refractivity contribution in [3.63, 3.8) is 0 Å². The molecular weight excluding hydrogens is 227 g/mol. The summed E-state index contributed by atoms with van der Waals surface area (Å²) in [4.78, 5) is 0. The Labute approximate surface area is 105 Å². The maximum atomic E-state index is 5.51. The Morgan fingerprint density at radius 2 is 1.82 bits per heavy atom. The van der Waals surface area contributed by atoms with Crippen LogP contribution in [0.15, 0.2) is 36.4 Å². The molecule has 0 aliphatic heterocycles. The lowest BCUT2D eigenvalue weighted by Gasteiger charge is -2.11. The van der Waals surface area contributed by atoms with E-state index in [0.717, 1.165) is 20.9 Å². The van der Waals surface area contributed by atoms with Gasteiger partial charge in [0.1, 0.15) is 5.75 Å². The molecule has 17 heavy (non-hydrogen) atoms. The summed E-state index contributed by atoms with van der Waals surface area (Å²) in [6, 6.07) is 13.0. The minimum atomic E-state index is 0.658. The molecule has 2 atom stereocenters. The van der Waals surface area contributed by atoms with Crippen LogP contribution in [0.25, 0.3) is 10.8 Å². The summed E-state index contributed by atoms with van der Waals surface area (Å²) in [7, 11) is 0.953. The number of fused-ring (bicyclic) bond motifs is 1. The predicted molar refractivity (Wildman–Crippen MR) is 77.8 cm³/mol. The number of ether oxygens (including phenoxy) is 1. The molecule has 2 aromatic rings. The molecule has 1 nitrogen and oxygen atoms in total. The van der Waals surface area contributed by atoms with Crippen LogP contribution in [0.1, 0.15) is 25.1 Å². The van der Waals surface area contributed by atoms with Crippen molar-refractivity contribution in [2.75, 3.05) is 13.3 Å². The maximum absolute atomic E-state index is 5.51. The monoisotopic (exact) mass is 246 g/mol. The van der Waals surface area contributed by atoms with Gasteiger partial charge in [0.2, 0.25) is 0 Å². The Balaban J connectivity index is 2.39. The van der Waals surface area contributed by atoms with Crippen LogP contribution in [-0.2, 0) is 0 Å². The second-order valence-electron chi connectivity index (χ2n) is 4.21. The number of hydrogen-bond donors (Lipinski definition) is 0. The van der Waals surface area contributed by atoms with E-state index in [-0.39, 0.29) is 0 Å². The van der Waals surface area contributed by atoms with Crippen LogP contribution >= 0.6 is 8.58 Å². The van der Waals surface area contributed by atoms with Gasteiger partial charge in [-0.25, -0.2) is 0 Å². The highest BCUT2D eigenvalue weighted by Crippen LogP contribution is 2.33. The summed E-state index contributed by atoms with van der Waals surface area (Å²) in [5.41, 5.74) is 2.09. The summed E-state index contributed by atoms with van der Waals surface area (Å²) in [6.07, 6.45) is 0. The Bertz CT molecular complexity index is 507. The van der Waals surface area contributed by atoms with Crippen LogP contribution in [0.2, 0.25) is 0 Å². The molecule has 0 amide bonds. The number of benzene rings is 2. The summed E-state index contributed by atoms with van der Waals surface area (Å²) in [5.74, 6) is 0.957. The van der Waals surface area contributed by atoms with Gasteiger partial charge in [-0.3, -0.25) is 0 Å². The molecule has 0 bridgehead atoms. The van der Waals surface area contributed by atoms with E-state index in [1.165, 1.54) is 16.3 Å². The van der Waals surface area contributed by atoms with E-state index in [1.807, 2.05) is 6.92 Å². The quantitative estimate of drug-likeness (QED) is 0.716. The highest BCUT2D eigenvalue weighted by Gasteiger charge is 2.04. The molecule has 2 unspecified atom stereocenters. The highest BCUT2D eigenvalue weighted by atomic mass is 31.1. The maximum Gasteiger partial charge on any atom is 0.119 e. The van der Waals surface area contributed by atoms with Crippen molar-refractivity contribution in [1.29, 1.82) is 0 Å². The van der Waals surface area contributed by atoms with Gasteiger partial charge < -0.3 is 4.74 Å². The normalized spacial score (nSPS) is 13.4. The minimum absolute atomic E-state index is 0.658. The van der Waals surface area contributed by atoms with Crippen molar-refractivity contribution in [1.82, 2.24) is 0 Å². The van der Waals surface area contributed by atoms with Gasteiger partial charge in [-0.15, -0.1) is 8.58 Å². The second kappa shape index (κ2) is 5.51. The van der Waals surface area contributed by atoms with Crippen LogP contribution < -0.4 is 4.74 Å². The third-order valence-electron chi connectivity index (χ3n) is 3.08. The molecule has 0 N–H and O–H groups in total. The highest BCUT2D eigenvalue weighted by molar-refractivity contribution is 7.37. The van der Waals surface area contributed by atoms with E-state index in [0.29, 0.717) is 5.66 Å². The van der Waals surface area contributed by atoms with Gasteiger partial charge in [-0.05, 0) is 47.7 Å². The molecule has 0 radical (unpaired) electrons. The fraction of sp³-hybridized carbons (Fsp3) is 0.333. The largest absolute Gasteiger partial charge is 0.494 e. The van der Waals surface area contributed by atoms with Gasteiger partial charge in [-0.1, -0.05) is 31.2 Å². The summed E-state index contributed by atoms with van der Waals surface area (Å²) < 4.78 is 5.51. The standard InChI is InChI=1S/C15H19OP/c1-4-16-15-8-7-13-9-12(11(2)17-3)5-6-14(13)10-15/h5-11,17H,4H2,1-3H3. The summed E-state index contributed by atoms with van der Waals surface area (Å²) in [6.45, 7) is 7.27. The first-order valence-corrected chi connectivity index (χ1v) is 7.66. The molecule has 2 rings (SSSR count). The van der Waals surface area contributed by atoms with E-state index < -0.39 is 0 Å². The average molecular weight is 246 g/mol. The molecular formula is C15H19OP. The topological polar surface area (TPSA) is 9.23 Å². The third kappa shape index (κ3) is 2.79. The molecule has 0 aliphatic rings. The first kappa shape index (κ1) is 12.4. The molecule has 2 aromatic carbocycles. The smallest absolute Gasteiger partial charge is 0.119 e. The van der Waals surface area contributed by atoms with Gasteiger partial charge in [0.15, 0.2) is 0 Å². The lowest BCUT2D eigenvalue weighted by molar-refractivity contribution is 0.341. The molecule has 0 heterocycles. The lowest BCUT2D eigenvalue weighted by Crippen LogP contribution is -1.91. The van der Waals surface area contributed by atoms with Crippen molar-refractivity contribution in [3.8, 4) is 5.75 Å². The van der Waals surface area contributed by atoms with Gasteiger partial charge in [0, 0.05) is 0 Å². The van der Waals surface area contributed by atoms with Crippen molar-refractivity contribution >= 4 is 19.4 Å². The molecule has 0 aromatic heterocycles. The summed E-state index contributed by atoms with van der Waals surface area (Å²) >= 11 is 0. The SMILES string of the molecule is CCOc1ccc2cc(C(C)PC)ccc2c1. The van der Waals surface area contributed by atoms with E-state index in [4.69, 9.17) is 4.74 Å². The van der Waals surface area contributed by atoms with Crippen LogP contribution in [0.3, 0.4) is 0 Å². The Morgan fingerprint density at radius 1 is 1.12 bits per heavy atom. The van der Waals surface area contributed by atoms with Crippen molar-refractivity contribution in [2.24, 2.45) is 0 Å². The van der Waals surface area contributed by atoms with Crippen LogP contribution in [0, 0.1) is 0 Å². The molecule has 0 saturated carbocycles. The van der Waals surface area contributed by atoms with Gasteiger partial charge in [0.05, 0.1) is 6.61 Å². The molecule has 0 fully saturated rings. The molecule has 0 aliphatic carbocycles. The van der Waals surface area contributed by atoms with Gasteiger partial charge in [0.25, 0.3) is 0 Å². The summed E-state index contributed by atoms with van der Waals surface area (Å²) in [5, 5.41) is 2.56. The Hall–Kier alpha value is -1.07. The second-order valence-corrected chi connectivity index (χ2v) is 5.66. The molecule has 0 saturated heterocycles. The molecule has 0 spiro atoms. The third-order valence-corrected chi connectivity index (χ3v) is 4.28. The van der Waals surface area contributed by atoms with E-state index in [9.17, 15) is 0 Å². The zero-order chi connectivity index (χ0) is 12.3. The zero-order valence-electron chi connectivity index (χ0n) is 10.7. The Kier molecular flexibility index (Phi) is 4.02. The average Bonchev–Trinajstić information content (AvgIpc) is 2.37. The van der Waals surface area contributed by atoms with E-state index in [2.05, 4.69) is 50.0 Å². The zero-order valence-corrected chi connectivity index (χ0v) is 11.7. The van der Waals surface area contributed by atoms with Crippen LogP contribution in [-0.4, -0.2) is 13.3 Å². The van der Waals surface area contributed by atoms with Crippen LogP contribution in [0.4, 0.5) is 0 Å². The first-order chi connectivity index (χ1) is 8.24. The van der Waals surface area contributed by atoms with Crippen molar-refractivity contribution < 1.29 is 4.74 Å². The van der Waals surface area contributed by atoms with Crippen LogP contribution in [0.5, 0.6) is 5.75 Å². The van der Waals surface area contributed by atoms with E-state index >= 15 is 0 Å². The fourth-order valence-electron chi connectivity index (χ4n) is 1.93. The van der Waals surface area contributed by atoms with E-state index in [1.54, 1.807) is 0 Å². The predicted octanol–water partition coefficient (Wildman–Crippen LogP) is 4.61.